The zero-order valence-corrected chi connectivity index (χ0v) is 12.8. The molecule has 0 saturated carbocycles. The zero-order valence-electron chi connectivity index (χ0n) is 12.8. The average molecular weight is 284 g/mol. The van der Waals surface area contributed by atoms with E-state index in [2.05, 4.69) is 13.8 Å². The Labute approximate surface area is 122 Å². The van der Waals surface area contributed by atoms with Gasteiger partial charge in [0.2, 0.25) is 0 Å². The van der Waals surface area contributed by atoms with E-state index in [-0.39, 0.29) is 6.10 Å². The summed E-state index contributed by atoms with van der Waals surface area (Å²) in [4.78, 5) is 21.8. The third-order valence-electron chi connectivity index (χ3n) is 3.15. The molecule has 0 rings (SSSR count). The molecule has 0 aliphatic rings. The van der Waals surface area contributed by atoms with Gasteiger partial charge in [-0.25, -0.2) is 9.59 Å². The standard InChI is InChI=1S/C16H28O4/c1-3-5-7-8-9-11-14(10-6-4-2)20-16(19)13-12-15(17)18/h12-14H,3-11H2,1-2H3,(H,17,18). The van der Waals surface area contributed by atoms with Gasteiger partial charge in [0, 0.05) is 12.2 Å². The van der Waals surface area contributed by atoms with Crippen molar-refractivity contribution in [3.05, 3.63) is 12.2 Å². The number of carboxylic acids is 1. The minimum Gasteiger partial charge on any atom is -0.478 e. The number of ether oxygens (including phenoxy) is 1. The Morgan fingerprint density at radius 3 is 2.15 bits per heavy atom. The Balaban J connectivity index is 4.06. The molecule has 0 saturated heterocycles. The molecule has 0 amide bonds. The monoisotopic (exact) mass is 284 g/mol. The number of carboxylic acid groups (broad SMARTS) is 1. The van der Waals surface area contributed by atoms with Gasteiger partial charge in [-0.1, -0.05) is 52.4 Å². The van der Waals surface area contributed by atoms with Crippen molar-refractivity contribution in [2.24, 2.45) is 0 Å². The first kappa shape index (κ1) is 18.7. The minimum absolute atomic E-state index is 0.0810. The normalized spacial score (nSPS) is 12.5. The van der Waals surface area contributed by atoms with Crippen molar-refractivity contribution in [3.8, 4) is 0 Å². The van der Waals surface area contributed by atoms with Gasteiger partial charge in [-0.2, -0.15) is 0 Å². The molecule has 0 aromatic rings. The lowest BCUT2D eigenvalue weighted by Gasteiger charge is -2.16. The van der Waals surface area contributed by atoms with Crippen LogP contribution in [-0.2, 0) is 14.3 Å². The molecular weight excluding hydrogens is 256 g/mol. The highest BCUT2D eigenvalue weighted by Crippen LogP contribution is 2.15. The van der Waals surface area contributed by atoms with E-state index in [0.29, 0.717) is 0 Å². The lowest BCUT2D eigenvalue weighted by molar-refractivity contribution is -0.144. The van der Waals surface area contributed by atoms with Crippen molar-refractivity contribution >= 4 is 11.9 Å². The van der Waals surface area contributed by atoms with Crippen LogP contribution in [0.5, 0.6) is 0 Å². The Bertz CT molecular complexity index is 297. The maximum atomic E-state index is 11.5. The van der Waals surface area contributed by atoms with Crippen molar-refractivity contribution in [3.63, 3.8) is 0 Å². The van der Waals surface area contributed by atoms with Crippen LogP contribution in [0.25, 0.3) is 0 Å². The molecule has 1 atom stereocenters. The van der Waals surface area contributed by atoms with Crippen LogP contribution >= 0.6 is 0 Å². The van der Waals surface area contributed by atoms with E-state index >= 15 is 0 Å². The van der Waals surface area contributed by atoms with Gasteiger partial charge in [-0.15, -0.1) is 0 Å². The van der Waals surface area contributed by atoms with Crippen molar-refractivity contribution in [2.75, 3.05) is 0 Å². The highest BCUT2D eigenvalue weighted by atomic mass is 16.5. The van der Waals surface area contributed by atoms with Crippen molar-refractivity contribution in [1.82, 2.24) is 0 Å². The molecule has 4 heteroatoms. The summed E-state index contributed by atoms with van der Waals surface area (Å²) >= 11 is 0. The summed E-state index contributed by atoms with van der Waals surface area (Å²) in [6, 6.07) is 0. The fourth-order valence-electron chi connectivity index (χ4n) is 2.01. The summed E-state index contributed by atoms with van der Waals surface area (Å²) in [6.45, 7) is 4.28. The van der Waals surface area contributed by atoms with Crippen LogP contribution in [0, 0.1) is 0 Å². The number of esters is 1. The molecule has 0 aliphatic heterocycles. The molecule has 0 bridgehead atoms. The van der Waals surface area contributed by atoms with Crippen LogP contribution in [0.3, 0.4) is 0 Å². The van der Waals surface area contributed by atoms with Crippen LogP contribution in [0.15, 0.2) is 12.2 Å². The maximum absolute atomic E-state index is 11.5. The van der Waals surface area contributed by atoms with Gasteiger partial charge in [0.1, 0.15) is 6.10 Å². The smallest absolute Gasteiger partial charge is 0.331 e. The molecule has 0 radical (unpaired) electrons. The van der Waals surface area contributed by atoms with E-state index in [1.165, 1.54) is 25.7 Å². The number of carbonyl (C=O) groups excluding carboxylic acids is 1. The third-order valence-corrected chi connectivity index (χ3v) is 3.15. The van der Waals surface area contributed by atoms with Gasteiger partial charge in [0.25, 0.3) is 0 Å². The lowest BCUT2D eigenvalue weighted by Crippen LogP contribution is -2.17. The summed E-state index contributed by atoms with van der Waals surface area (Å²) in [6.07, 6.45) is 11.5. The quantitative estimate of drug-likeness (QED) is 0.333. The third kappa shape index (κ3) is 11.8. The Morgan fingerprint density at radius 1 is 0.950 bits per heavy atom. The molecule has 0 fully saturated rings. The zero-order chi connectivity index (χ0) is 15.2. The summed E-state index contributed by atoms with van der Waals surface area (Å²) < 4.78 is 5.32. The number of hydrogen-bond donors (Lipinski definition) is 1. The van der Waals surface area contributed by atoms with E-state index in [1.54, 1.807) is 0 Å². The molecule has 0 aliphatic carbocycles. The largest absolute Gasteiger partial charge is 0.478 e. The SMILES string of the molecule is CCCCCCCC(CCCC)OC(=O)C=CC(=O)O. The molecule has 0 spiro atoms. The van der Waals surface area contributed by atoms with Crippen LogP contribution in [-0.4, -0.2) is 23.1 Å². The molecule has 0 aromatic carbocycles. The maximum Gasteiger partial charge on any atom is 0.331 e. The number of aliphatic carboxylic acids is 1. The predicted molar refractivity (Wildman–Crippen MR) is 79.6 cm³/mol. The van der Waals surface area contributed by atoms with E-state index in [4.69, 9.17) is 9.84 Å². The van der Waals surface area contributed by atoms with E-state index < -0.39 is 11.9 Å². The van der Waals surface area contributed by atoms with Crippen LogP contribution < -0.4 is 0 Å². The number of rotatable bonds is 12. The predicted octanol–water partition coefficient (Wildman–Crippen LogP) is 4.09. The Kier molecular flexibility index (Phi) is 11.9. The fraction of sp³-hybridized carbons (Fsp3) is 0.750. The average Bonchev–Trinajstić information content (AvgIpc) is 2.42. The second-order valence-corrected chi connectivity index (χ2v) is 5.08. The highest BCUT2D eigenvalue weighted by molar-refractivity contribution is 5.90. The lowest BCUT2D eigenvalue weighted by atomic mass is 10.0. The van der Waals surface area contributed by atoms with Gasteiger partial charge < -0.3 is 9.84 Å². The van der Waals surface area contributed by atoms with Gasteiger partial charge in [0.05, 0.1) is 0 Å². The van der Waals surface area contributed by atoms with Gasteiger partial charge in [-0.05, 0) is 19.3 Å². The van der Waals surface area contributed by atoms with Crippen LogP contribution in [0.1, 0.15) is 71.6 Å². The van der Waals surface area contributed by atoms with Crippen molar-refractivity contribution in [1.29, 1.82) is 0 Å². The fourth-order valence-corrected chi connectivity index (χ4v) is 2.01. The first-order valence-electron chi connectivity index (χ1n) is 7.71. The summed E-state index contributed by atoms with van der Waals surface area (Å²) in [7, 11) is 0. The molecular formula is C16H28O4. The van der Waals surface area contributed by atoms with E-state index in [1.807, 2.05) is 0 Å². The second-order valence-electron chi connectivity index (χ2n) is 5.08. The second kappa shape index (κ2) is 12.7. The molecule has 1 unspecified atom stereocenters. The summed E-state index contributed by atoms with van der Waals surface area (Å²) in [5, 5.41) is 8.47. The van der Waals surface area contributed by atoms with Crippen LogP contribution in [0.4, 0.5) is 0 Å². The van der Waals surface area contributed by atoms with Crippen molar-refractivity contribution in [2.45, 2.75) is 77.7 Å². The van der Waals surface area contributed by atoms with E-state index in [0.717, 1.165) is 44.3 Å². The summed E-state index contributed by atoms with van der Waals surface area (Å²) in [5.74, 6) is -1.69. The number of hydrogen-bond acceptors (Lipinski definition) is 3. The van der Waals surface area contributed by atoms with E-state index in [9.17, 15) is 9.59 Å². The van der Waals surface area contributed by atoms with Crippen LogP contribution in [0.2, 0.25) is 0 Å². The summed E-state index contributed by atoms with van der Waals surface area (Å²) in [5.41, 5.74) is 0. The molecule has 0 heterocycles. The number of carbonyl (C=O) groups is 2. The van der Waals surface area contributed by atoms with Crippen molar-refractivity contribution < 1.29 is 19.4 Å². The first-order valence-corrected chi connectivity index (χ1v) is 7.71. The van der Waals surface area contributed by atoms with Gasteiger partial charge >= 0.3 is 11.9 Å². The van der Waals surface area contributed by atoms with Gasteiger partial charge in [0.15, 0.2) is 0 Å². The molecule has 1 N–H and O–H groups in total. The molecule has 116 valence electrons. The topological polar surface area (TPSA) is 63.6 Å². The molecule has 4 nitrogen and oxygen atoms in total. The van der Waals surface area contributed by atoms with Gasteiger partial charge in [-0.3, -0.25) is 0 Å². The molecule has 0 aromatic heterocycles. The number of unbranched alkanes of at least 4 members (excludes halogenated alkanes) is 5. The highest BCUT2D eigenvalue weighted by Gasteiger charge is 2.12. The first-order chi connectivity index (χ1) is 9.60. The molecule has 20 heavy (non-hydrogen) atoms. The Morgan fingerprint density at radius 2 is 1.55 bits per heavy atom. The minimum atomic E-state index is -1.13. The Hall–Kier alpha value is -1.32.